The second-order valence-corrected chi connectivity index (χ2v) is 6.81. The van der Waals surface area contributed by atoms with Crippen LogP contribution in [-0.2, 0) is 6.54 Å². The van der Waals surface area contributed by atoms with Crippen molar-refractivity contribution in [2.45, 2.75) is 6.54 Å². The maximum Gasteiger partial charge on any atom is 0.322 e. The Balaban J connectivity index is 1.79. The van der Waals surface area contributed by atoms with Gasteiger partial charge in [0.15, 0.2) is 0 Å². The zero-order valence-electron chi connectivity index (χ0n) is 15.7. The number of likely N-dealkylation sites (N-methyl/N-ethyl adjacent to an activating group) is 1. The van der Waals surface area contributed by atoms with Crippen LogP contribution in [0.4, 0.5) is 14.9 Å². The summed E-state index contributed by atoms with van der Waals surface area (Å²) in [4.78, 5) is 16.7. The molecule has 0 spiro atoms. The highest BCUT2D eigenvalue weighted by molar-refractivity contribution is 6.01. The van der Waals surface area contributed by atoms with Crippen molar-refractivity contribution < 1.29 is 9.18 Å². The van der Waals surface area contributed by atoms with Crippen LogP contribution in [0.1, 0.15) is 5.56 Å². The topological polar surface area (TPSA) is 35.6 Å². The Morgan fingerprint density at radius 2 is 1.63 bits per heavy atom. The van der Waals surface area contributed by atoms with Gasteiger partial charge in [-0.25, -0.2) is 9.18 Å². The van der Waals surface area contributed by atoms with E-state index in [9.17, 15) is 9.18 Å². The van der Waals surface area contributed by atoms with Crippen LogP contribution in [0, 0.1) is 5.82 Å². The molecule has 2 amide bonds. The molecule has 0 atom stereocenters. The number of anilines is 1. The SMILES string of the molecule is CN(C)CCN(Cc1ccc(F)cc1)C(=O)Nc1cccc2ccccc12. The first-order valence-corrected chi connectivity index (χ1v) is 8.96. The van der Waals surface area contributed by atoms with Crippen molar-refractivity contribution in [3.05, 3.63) is 78.1 Å². The molecule has 0 radical (unpaired) electrons. The Hall–Kier alpha value is -2.92. The molecule has 0 unspecified atom stereocenters. The van der Waals surface area contributed by atoms with E-state index in [0.717, 1.165) is 28.6 Å². The standard InChI is InChI=1S/C22H24FN3O/c1-25(2)14-15-26(16-17-10-12-19(23)13-11-17)22(27)24-21-9-5-7-18-6-3-4-8-20(18)21/h3-13H,14-16H2,1-2H3,(H,24,27). The summed E-state index contributed by atoms with van der Waals surface area (Å²) >= 11 is 0. The molecular formula is C22H24FN3O. The fraction of sp³-hybridized carbons (Fsp3) is 0.227. The predicted octanol–water partition coefficient (Wildman–Crippen LogP) is 4.57. The van der Waals surface area contributed by atoms with Crippen molar-refractivity contribution in [1.82, 2.24) is 9.80 Å². The third kappa shape index (κ3) is 5.05. The summed E-state index contributed by atoms with van der Waals surface area (Å²) in [5, 5.41) is 5.11. The lowest BCUT2D eigenvalue weighted by molar-refractivity contribution is 0.202. The average molecular weight is 365 g/mol. The number of hydrogen-bond donors (Lipinski definition) is 1. The largest absolute Gasteiger partial charge is 0.322 e. The minimum Gasteiger partial charge on any atom is -0.319 e. The van der Waals surface area contributed by atoms with Crippen molar-refractivity contribution in [3.63, 3.8) is 0 Å². The second-order valence-electron chi connectivity index (χ2n) is 6.81. The van der Waals surface area contributed by atoms with Gasteiger partial charge in [-0.2, -0.15) is 0 Å². The number of urea groups is 1. The molecule has 5 heteroatoms. The van der Waals surface area contributed by atoms with Gasteiger partial charge in [0.25, 0.3) is 0 Å². The number of carbonyl (C=O) groups excluding carboxylic acids is 1. The number of halogens is 1. The zero-order valence-corrected chi connectivity index (χ0v) is 15.7. The van der Waals surface area contributed by atoms with Gasteiger partial charge in [0.05, 0.1) is 5.69 Å². The van der Waals surface area contributed by atoms with E-state index < -0.39 is 0 Å². The third-order valence-electron chi connectivity index (χ3n) is 4.42. The lowest BCUT2D eigenvalue weighted by atomic mass is 10.1. The molecule has 0 saturated carbocycles. The van der Waals surface area contributed by atoms with Crippen molar-refractivity contribution >= 4 is 22.5 Å². The van der Waals surface area contributed by atoms with Gasteiger partial charge in [0.1, 0.15) is 5.82 Å². The maximum absolute atomic E-state index is 13.2. The predicted molar refractivity (Wildman–Crippen MR) is 108 cm³/mol. The normalized spacial score (nSPS) is 11.0. The molecule has 3 rings (SSSR count). The van der Waals surface area contributed by atoms with Crippen molar-refractivity contribution in [3.8, 4) is 0 Å². The summed E-state index contributed by atoms with van der Waals surface area (Å²) in [6.45, 7) is 1.73. The van der Waals surface area contributed by atoms with E-state index in [0.29, 0.717) is 13.1 Å². The minimum atomic E-state index is -0.279. The average Bonchev–Trinajstić information content (AvgIpc) is 2.66. The Morgan fingerprint density at radius 3 is 2.37 bits per heavy atom. The maximum atomic E-state index is 13.2. The Labute approximate surface area is 159 Å². The van der Waals surface area contributed by atoms with Crippen LogP contribution in [0.2, 0.25) is 0 Å². The quantitative estimate of drug-likeness (QED) is 0.694. The number of carbonyl (C=O) groups is 1. The summed E-state index contributed by atoms with van der Waals surface area (Å²) in [7, 11) is 3.94. The molecule has 3 aromatic carbocycles. The molecular weight excluding hydrogens is 341 g/mol. The summed E-state index contributed by atoms with van der Waals surface area (Å²) in [5.74, 6) is -0.279. The number of fused-ring (bicyclic) bond motifs is 1. The van der Waals surface area contributed by atoms with E-state index >= 15 is 0 Å². The van der Waals surface area contributed by atoms with E-state index in [4.69, 9.17) is 0 Å². The third-order valence-corrected chi connectivity index (χ3v) is 4.42. The number of nitrogens with zero attached hydrogens (tertiary/aromatic N) is 2. The summed E-state index contributed by atoms with van der Waals surface area (Å²) in [5.41, 5.74) is 1.68. The molecule has 0 aliphatic heterocycles. The molecule has 0 saturated heterocycles. The highest BCUT2D eigenvalue weighted by Crippen LogP contribution is 2.23. The highest BCUT2D eigenvalue weighted by atomic mass is 19.1. The van der Waals surface area contributed by atoms with Crippen LogP contribution in [0.3, 0.4) is 0 Å². The van der Waals surface area contributed by atoms with Crippen molar-refractivity contribution in [2.75, 3.05) is 32.5 Å². The number of rotatable bonds is 6. The van der Waals surface area contributed by atoms with Crippen LogP contribution in [0.5, 0.6) is 0 Å². The first-order valence-electron chi connectivity index (χ1n) is 8.96. The first-order chi connectivity index (χ1) is 13.0. The van der Waals surface area contributed by atoms with Crippen LogP contribution in [0.25, 0.3) is 10.8 Å². The van der Waals surface area contributed by atoms with Gasteiger partial charge in [0.2, 0.25) is 0 Å². The van der Waals surface area contributed by atoms with Crippen LogP contribution in [-0.4, -0.2) is 43.0 Å². The van der Waals surface area contributed by atoms with Gasteiger partial charge in [0, 0.05) is 25.0 Å². The van der Waals surface area contributed by atoms with Gasteiger partial charge < -0.3 is 15.1 Å². The lowest BCUT2D eigenvalue weighted by Crippen LogP contribution is -2.39. The number of hydrogen-bond acceptors (Lipinski definition) is 2. The smallest absolute Gasteiger partial charge is 0.319 e. The molecule has 0 bridgehead atoms. The molecule has 0 fully saturated rings. The van der Waals surface area contributed by atoms with Gasteiger partial charge in [-0.05, 0) is 43.2 Å². The fourth-order valence-corrected chi connectivity index (χ4v) is 2.91. The number of benzene rings is 3. The van der Waals surface area contributed by atoms with Crippen LogP contribution >= 0.6 is 0 Å². The minimum absolute atomic E-state index is 0.169. The van der Waals surface area contributed by atoms with Crippen LogP contribution < -0.4 is 5.32 Å². The number of amides is 2. The van der Waals surface area contributed by atoms with E-state index in [1.165, 1.54) is 12.1 Å². The van der Waals surface area contributed by atoms with Gasteiger partial charge in [-0.1, -0.05) is 48.5 Å². The van der Waals surface area contributed by atoms with E-state index in [1.54, 1.807) is 17.0 Å². The van der Waals surface area contributed by atoms with E-state index in [1.807, 2.05) is 61.5 Å². The van der Waals surface area contributed by atoms with Crippen LogP contribution in [0.15, 0.2) is 66.7 Å². The zero-order chi connectivity index (χ0) is 19.2. The Bertz CT molecular complexity index is 904. The van der Waals surface area contributed by atoms with Crippen molar-refractivity contribution in [1.29, 1.82) is 0 Å². The second kappa shape index (κ2) is 8.64. The molecule has 1 N–H and O–H groups in total. The summed E-state index contributed by atoms with van der Waals surface area (Å²) in [6, 6.07) is 19.9. The van der Waals surface area contributed by atoms with Gasteiger partial charge in [-0.3, -0.25) is 0 Å². The molecule has 0 heterocycles. The molecule has 0 aliphatic rings. The van der Waals surface area contributed by atoms with E-state index in [-0.39, 0.29) is 11.8 Å². The molecule has 140 valence electrons. The van der Waals surface area contributed by atoms with Gasteiger partial charge >= 0.3 is 6.03 Å². The fourth-order valence-electron chi connectivity index (χ4n) is 2.91. The highest BCUT2D eigenvalue weighted by Gasteiger charge is 2.15. The van der Waals surface area contributed by atoms with E-state index in [2.05, 4.69) is 5.32 Å². The lowest BCUT2D eigenvalue weighted by Gasteiger charge is -2.25. The van der Waals surface area contributed by atoms with Crippen molar-refractivity contribution in [2.24, 2.45) is 0 Å². The number of nitrogens with one attached hydrogen (secondary N) is 1. The van der Waals surface area contributed by atoms with Gasteiger partial charge in [-0.15, -0.1) is 0 Å². The summed E-state index contributed by atoms with van der Waals surface area (Å²) < 4.78 is 13.2. The Kier molecular flexibility index (Phi) is 6.04. The molecule has 27 heavy (non-hydrogen) atoms. The summed E-state index contributed by atoms with van der Waals surface area (Å²) in [6.07, 6.45) is 0. The molecule has 3 aromatic rings. The molecule has 0 aromatic heterocycles. The first kappa shape index (κ1) is 18.9. The monoisotopic (exact) mass is 365 g/mol. The molecule has 4 nitrogen and oxygen atoms in total. The molecule has 0 aliphatic carbocycles. The Morgan fingerprint density at radius 1 is 0.926 bits per heavy atom.